The minimum atomic E-state index is 0. The van der Waals surface area contributed by atoms with Gasteiger partial charge in [-0.3, -0.25) is 4.79 Å². The molecule has 4 heteroatoms. The van der Waals surface area contributed by atoms with E-state index in [2.05, 4.69) is 17.6 Å². The van der Waals surface area contributed by atoms with Crippen molar-refractivity contribution in [2.75, 3.05) is 13.1 Å². The first kappa shape index (κ1) is 15.8. The summed E-state index contributed by atoms with van der Waals surface area (Å²) in [5.41, 5.74) is 0. The Hall–Kier alpha value is -0.280. The largest absolute Gasteiger partial charge is 0.353 e. The summed E-state index contributed by atoms with van der Waals surface area (Å²) < 4.78 is 0. The summed E-state index contributed by atoms with van der Waals surface area (Å²) in [6, 6.07) is 0.381. The minimum Gasteiger partial charge on any atom is -0.353 e. The Morgan fingerprint density at radius 2 is 1.83 bits per heavy atom. The van der Waals surface area contributed by atoms with Crippen LogP contribution < -0.4 is 10.6 Å². The van der Waals surface area contributed by atoms with Gasteiger partial charge in [0.15, 0.2) is 0 Å². The van der Waals surface area contributed by atoms with E-state index >= 15 is 0 Å². The molecule has 1 aliphatic carbocycles. The van der Waals surface area contributed by atoms with Crippen molar-refractivity contribution in [3.63, 3.8) is 0 Å². The predicted molar refractivity (Wildman–Crippen MR) is 77.0 cm³/mol. The van der Waals surface area contributed by atoms with Gasteiger partial charge in [-0.05, 0) is 57.5 Å². The van der Waals surface area contributed by atoms with Crippen LogP contribution in [0, 0.1) is 11.8 Å². The maximum atomic E-state index is 11.9. The van der Waals surface area contributed by atoms with Gasteiger partial charge in [0, 0.05) is 12.5 Å². The second-order valence-corrected chi connectivity index (χ2v) is 5.80. The molecule has 1 saturated carbocycles. The third-order valence-corrected chi connectivity index (χ3v) is 4.43. The summed E-state index contributed by atoms with van der Waals surface area (Å²) in [5, 5.41) is 6.55. The van der Waals surface area contributed by atoms with E-state index in [0.29, 0.717) is 12.0 Å². The number of hydrogen-bond donors (Lipinski definition) is 2. The van der Waals surface area contributed by atoms with Gasteiger partial charge in [-0.1, -0.05) is 12.8 Å². The van der Waals surface area contributed by atoms with Crippen molar-refractivity contribution in [1.29, 1.82) is 0 Å². The Labute approximate surface area is 117 Å². The molecule has 0 aromatic rings. The Bertz CT molecular complexity index is 248. The third kappa shape index (κ3) is 4.77. The zero-order chi connectivity index (χ0) is 12.1. The molecule has 1 amide bonds. The molecule has 0 aromatic carbocycles. The van der Waals surface area contributed by atoms with Crippen LogP contribution in [0.3, 0.4) is 0 Å². The number of carbonyl (C=O) groups excluding carboxylic acids is 1. The highest BCUT2D eigenvalue weighted by Gasteiger charge is 2.24. The second kappa shape index (κ2) is 8.00. The molecule has 0 spiro atoms. The Kier molecular flexibility index (Phi) is 7.02. The zero-order valence-electron chi connectivity index (χ0n) is 11.4. The molecule has 0 radical (unpaired) electrons. The first-order valence-corrected chi connectivity index (χ1v) is 7.26. The van der Waals surface area contributed by atoms with Crippen molar-refractivity contribution in [2.24, 2.45) is 11.8 Å². The summed E-state index contributed by atoms with van der Waals surface area (Å²) in [4.78, 5) is 11.9. The smallest absolute Gasteiger partial charge is 0.220 e. The fourth-order valence-corrected chi connectivity index (χ4v) is 3.24. The van der Waals surface area contributed by atoms with Crippen molar-refractivity contribution in [2.45, 2.75) is 57.9 Å². The van der Waals surface area contributed by atoms with E-state index in [0.717, 1.165) is 38.3 Å². The summed E-state index contributed by atoms with van der Waals surface area (Å²) in [5.74, 6) is 1.61. The van der Waals surface area contributed by atoms with E-state index in [1.807, 2.05) is 0 Å². The van der Waals surface area contributed by atoms with E-state index in [9.17, 15) is 4.79 Å². The van der Waals surface area contributed by atoms with Gasteiger partial charge < -0.3 is 10.6 Å². The summed E-state index contributed by atoms with van der Waals surface area (Å²) >= 11 is 0. The SMILES string of the molecule is CC(NC(=O)CC1CCNCC1)C1CCCC1.Cl. The van der Waals surface area contributed by atoms with Gasteiger partial charge in [0.25, 0.3) is 0 Å². The number of hydrogen-bond acceptors (Lipinski definition) is 2. The van der Waals surface area contributed by atoms with Gasteiger partial charge in [0.05, 0.1) is 0 Å². The number of rotatable bonds is 4. The standard InChI is InChI=1S/C14H26N2O.ClH/c1-11(13-4-2-3-5-13)16-14(17)10-12-6-8-15-9-7-12;/h11-13,15H,2-10H2,1H3,(H,16,17);1H. The van der Waals surface area contributed by atoms with E-state index < -0.39 is 0 Å². The first-order valence-electron chi connectivity index (χ1n) is 7.26. The van der Waals surface area contributed by atoms with Gasteiger partial charge in [0.1, 0.15) is 0 Å². The van der Waals surface area contributed by atoms with Crippen LogP contribution in [0.2, 0.25) is 0 Å². The molecule has 2 fully saturated rings. The van der Waals surface area contributed by atoms with Crippen LogP contribution >= 0.6 is 12.4 Å². The average molecular weight is 275 g/mol. The molecule has 2 N–H and O–H groups in total. The summed E-state index contributed by atoms with van der Waals surface area (Å²) in [7, 11) is 0. The third-order valence-electron chi connectivity index (χ3n) is 4.43. The maximum Gasteiger partial charge on any atom is 0.220 e. The highest BCUT2D eigenvalue weighted by Crippen LogP contribution is 2.27. The Morgan fingerprint density at radius 1 is 1.22 bits per heavy atom. The molecule has 18 heavy (non-hydrogen) atoms. The molecular weight excluding hydrogens is 248 g/mol. The van der Waals surface area contributed by atoms with Crippen LogP contribution in [0.4, 0.5) is 0 Å². The lowest BCUT2D eigenvalue weighted by molar-refractivity contribution is -0.123. The molecule has 2 rings (SSSR count). The predicted octanol–water partition coefficient (Wildman–Crippen LogP) is 2.49. The fraction of sp³-hybridized carbons (Fsp3) is 0.929. The van der Waals surface area contributed by atoms with Gasteiger partial charge >= 0.3 is 0 Å². The summed E-state index contributed by atoms with van der Waals surface area (Å²) in [6.45, 7) is 4.34. The molecule has 1 unspecified atom stereocenters. The topological polar surface area (TPSA) is 41.1 Å². The molecule has 2 aliphatic rings. The molecule has 0 aromatic heterocycles. The highest BCUT2D eigenvalue weighted by atomic mass is 35.5. The molecule has 106 valence electrons. The van der Waals surface area contributed by atoms with Crippen LogP contribution in [-0.2, 0) is 4.79 Å². The van der Waals surface area contributed by atoms with E-state index in [1.165, 1.54) is 25.7 Å². The lowest BCUT2D eigenvalue weighted by atomic mass is 9.93. The van der Waals surface area contributed by atoms with E-state index in [1.54, 1.807) is 0 Å². The molecule has 1 heterocycles. The van der Waals surface area contributed by atoms with Crippen molar-refractivity contribution in [1.82, 2.24) is 10.6 Å². The highest BCUT2D eigenvalue weighted by molar-refractivity contribution is 5.85. The average Bonchev–Trinajstić information content (AvgIpc) is 2.83. The molecule has 1 aliphatic heterocycles. The van der Waals surface area contributed by atoms with Crippen LogP contribution in [0.25, 0.3) is 0 Å². The Morgan fingerprint density at radius 3 is 2.44 bits per heavy atom. The van der Waals surface area contributed by atoms with Gasteiger partial charge in [0.2, 0.25) is 5.91 Å². The molecule has 3 nitrogen and oxygen atoms in total. The van der Waals surface area contributed by atoms with Crippen LogP contribution in [0.1, 0.15) is 51.9 Å². The molecule has 0 bridgehead atoms. The fourth-order valence-electron chi connectivity index (χ4n) is 3.24. The van der Waals surface area contributed by atoms with Gasteiger partial charge in [-0.2, -0.15) is 0 Å². The summed E-state index contributed by atoms with van der Waals surface area (Å²) in [6.07, 6.45) is 8.34. The monoisotopic (exact) mass is 274 g/mol. The quantitative estimate of drug-likeness (QED) is 0.827. The van der Waals surface area contributed by atoms with Crippen molar-refractivity contribution < 1.29 is 4.79 Å². The second-order valence-electron chi connectivity index (χ2n) is 5.80. The number of nitrogens with one attached hydrogen (secondary N) is 2. The first-order chi connectivity index (χ1) is 8.25. The van der Waals surface area contributed by atoms with E-state index in [4.69, 9.17) is 0 Å². The molecular formula is C14H27ClN2O. The lowest BCUT2D eigenvalue weighted by Gasteiger charge is -2.24. The van der Waals surface area contributed by atoms with Gasteiger partial charge in [-0.25, -0.2) is 0 Å². The Balaban J connectivity index is 0.00000162. The van der Waals surface area contributed by atoms with Gasteiger partial charge in [-0.15, -0.1) is 12.4 Å². The minimum absolute atomic E-state index is 0. The molecule has 1 atom stereocenters. The normalized spacial score (nSPS) is 23.4. The number of halogens is 1. The van der Waals surface area contributed by atoms with Crippen molar-refractivity contribution in [3.8, 4) is 0 Å². The van der Waals surface area contributed by atoms with E-state index in [-0.39, 0.29) is 18.3 Å². The number of amides is 1. The van der Waals surface area contributed by atoms with Crippen LogP contribution in [0.5, 0.6) is 0 Å². The van der Waals surface area contributed by atoms with Crippen LogP contribution in [0.15, 0.2) is 0 Å². The zero-order valence-corrected chi connectivity index (χ0v) is 12.2. The van der Waals surface area contributed by atoms with Crippen LogP contribution in [-0.4, -0.2) is 25.0 Å². The molecule has 1 saturated heterocycles. The number of piperidine rings is 1. The lowest BCUT2D eigenvalue weighted by Crippen LogP contribution is -2.39. The van der Waals surface area contributed by atoms with Crippen molar-refractivity contribution in [3.05, 3.63) is 0 Å². The number of carbonyl (C=O) groups is 1. The maximum absolute atomic E-state index is 11.9. The van der Waals surface area contributed by atoms with Crippen molar-refractivity contribution >= 4 is 18.3 Å².